The minimum absolute atomic E-state index is 0.499. The van der Waals surface area contributed by atoms with Gasteiger partial charge in [-0.05, 0) is 18.6 Å². The highest BCUT2D eigenvalue weighted by atomic mass is 32.2. The predicted molar refractivity (Wildman–Crippen MR) is 75.9 cm³/mol. The number of hydrogen-bond donors (Lipinski definition) is 0. The van der Waals surface area contributed by atoms with Crippen LogP contribution in [0.2, 0.25) is 0 Å². The highest BCUT2D eigenvalue weighted by Gasteiger charge is 2.09. The lowest BCUT2D eigenvalue weighted by Crippen LogP contribution is -2.03. The largest absolute Gasteiger partial charge is 0.260 e. The Morgan fingerprint density at radius 3 is 3.12 bits per heavy atom. The molecular formula is C15H17NS. The van der Waals surface area contributed by atoms with Crippen LogP contribution in [-0.2, 0) is 5.75 Å². The Labute approximate surface area is 107 Å². The molecule has 1 heterocycles. The van der Waals surface area contributed by atoms with Gasteiger partial charge in [-0.3, -0.25) is 4.98 Å². The summed E-state index contributed by atoms with van der Waals surface area (Å²) in [6.45, 7) is 4.15. The van der Waals surface area contributed by atoms with Crippen LogP contribution < -0.4 is 0 Å². The average Bonchev–Trinajstić information content (AvgIpc) is 2.56. The monoisotopic (exact) mass is 243 g/mol. The van der Waals surface area contributed by atoms with Gasteiger partial charge in [0.15, 0.2) is 0 Å². The fourth-order valence-electron chi connectivity index (χ4n) is 1.73. The number of rotatable bonds is 4. The van der Waals surface area contributed by atoms with Crippen LogP contribution in [0.5, 0.6) is 0 Å². The van der Waals surface area contributed by atoms with Gasteiger partial charge in [0.25, 0.3) is 0 Å². The van der Waals surface area contributed by atoms with Crippen molar-refractivity contribution in [1.29, 1.82) is 0 Å². The molecule has 0 spiro atoms. The van der Waals surface area contributed by atoms with E-state index in [2.05, 4.69) is 41.9 Å². The second-order valence-electron chi connectivity index (χ2n) is 4.12. The molecule has 1 aliphatic rings. The van der Waals surface area contributed by atoms with Gasteiger partial charge in [0.05, 0.1) is 5.69 Å². The first-order chi connectivity index (χ1) is 8.36. The molecular weight excluding hydrogens is 226 g/mol. The third kappa shape index (κ3) is 3.90. The van der Waals surface area contributed by atoms with Crippen LogP contribution in [0.15, 0.2) is 60.9 Å². The molecule has 0 fully saturated rings. The molecule has 0 saturated heterocycles. The standard InChI is InChI=1S/C15H17NS/c1-13-7-3-2-4-8-14(13)11-17-12-15-9-5-6-10-16-15/h2-6,8-10,14H,1,7,11-12H2. The summed E-state index contributed by atoms with van der Waals surface area (Å²) in [5, 5.41) is 0. The van der Waals surface area contributed by atoms with E-state index in [4.69, 9.17) is 0 Å². The Morgan fingerprint density at radius 2 is 2.29 bits per heavy atom. The Hall–Kier alpha value is -1.28. The Kier molecular flexibility index (Phi) is 4.63. The molecule has 1 aromatic rings. The normalized spacial score (nSPS) is 19.3. The molecule has 1 atom stereocenters. The third-order valence-electron chi connectivity index (χ3n) is 2.77. The number of pyridine rings is 1. The van der Waals surface area contributed by atoms with Crippen LogP contribution in [-0.4, -0.2) is 10.7 Å². The highest BCUT2D eigenvalue weighted by molar-refractivity contribution is 7.98. The predicted octanol–water partition coefficient (Wildman–Crippen LogP) is 4.00. The molecule has 1 unspecified atom stereocenters. The second kappa shape index (κ2) is 6.45. The van der Waals surface area contributed by atoms with Gasteiger partial charge < -0.3 is 0 Å². The zero-order valence-corrected chi connectivity index (χ0v) is 10.7. The van der Waals surface area contributed by atoms with E-state index >= 15 is 0 Å². The first-order valence-corrected chi connectivity index (χ1v) is 7.00. The van der Waals surface area contributed by atoms with Crippen LogP contribution in [0.4, 0.5) is 0 Å². The van der Waals surface area contributed by atoms with Gasteiger partial charge in [-0.15, -0.1) is 0 Å². The summed E-state index contributed by atoms with van der Waals surface area (Å²) in [4.78, 5) is 4.33. The molecule has 17 heavy (non-hydrogen) atoms. The van der Waals surface area contributed by atoms with Gasteiger partial charge >= 0.3 is 0 Å². The van der Waals surface area contributed by atoms with Crippen LogP contribution in [0.1, 0.15) is 12.1 Å². The summed E-state index contributed by atoms with van der Waals surface area (Å²) in [6, 6.07) is 6.07. The maximum absolute atomic E-state index is 4.33. The zero-order valence-electron chi connectivity index (χ0n) is 9.88. The highest BCUT2D eigenvalue weighted by Crippen LogP contribution is 2.24. The Morgan fingerprint density at radius 1 is 1.35 bits per heavy atom. The molecule has 1 aliphatic carbocycles. The molecule has 0 aromatic carbocycles. The van der Waals surface area contributed by atoms with E-state index in [9.17, 15) is 0 Å². The SMILES string of the molecule is C=C1CC=CC=CC1CSCc1ccccn1. The molecule has 0 N–H and O–H groups in total. The van der Waals surface area contributed by atoms with Crippen LogP contribution in [0.3, 0.4) is 0 Å². The number of allylic oxidation sites excluding steroid dienone is 5. The van der Waals surface area contributed by atoms with E-state index in [0.29, 0.717) is 5.92 Å². The average molecular weight is 243 g/mol. The number of hydrogen-bond acceptors (Lipinski definition) is 2. The van der Waals surface area contributed by atoms with Crippen molar-refractivity contribution in [2.45, 2.75) is 12.2 Å². The van der Waals surface area contributed by atoms with Crippen molar-refractivity contribution in [1.82, 2.24) is 4.98 Å². The van der Waals surface area contributed by atoms with E-state index in [1.54, 1.807) is 0 Å². The van der Waals surface area contributed by atoms with Crippen molar-refractivity contribution in [3.05, 3.63) is 66.5 Å². The zero-order chi connectivity index (χ0) is 11.9. The van der Waals surface area contributed by atoms with Crippen molar-refractivity contribution in [2.75, 3.05) is 5.75 Å². The fourth-order valence-corrected chi connectivity index (χ4v) is 2.83. The van der Waals surface area contributed by atoms with Gasteiger partial charge in [0, 0.05) is 23.6 Å². The molecule has 0 amide bonds. The number of aromatic nitrogens is 1. The van der Waals surface area contributed by atoms with E-state index < -0.39 is 0 Å². The lowest BCUT2D eigenvalue weighted by Gasteiger charge is -2.13. The summed E-state index contributed by atoms with van der Waals surface area (Å²) < 4.78 is 0. The third-order valence-corrected chi connectivity index (χ3v) is 3.86. The van der Waals surface area contributed by atoms with Crippen LogP contribution >= 0.6 is 11.8 Å². The van der Waals surface area contributed by atoms with Crippen molar-refractivity contribution in [3.63, 3.8) is 0 Å². The van der Waals surface area contributed by atoms with Gasteiger partial charge in [0.2, 0.25) is 0 Å². The summed E-state index contributed by atoms with van der Waals surface area (Å²) in [5.41, 5.74) is 2.46. The smallest absolute Gasteiger partial charge is 0.0502 e. The molecule has 2 rings (SSSR count). The van der Waals surface area contributed by atoms with Crippen LogP contribution in [0.25, 0.3) is 0 Å². The maximum Gasteiger partial charge on any atom is 0.0502 e. The van der Waals surface area contributed by atoms with Crippen molar-refractivity contribution in [3.8, 4) is 0 Å². The quantitative estimate of drug-likeness (QED) is 0.741. The van der Waals surface area contributed by atoms with Gasteiger partial charge in [-0.1, -0.05) is 42.5 Å². The number of thioether (sulfide) groups is 1. The van der Waals surface area contributed by atoms with E-state index in [1.807, 2.05) is 30.1 Å². The maximum atomic E-state index is 4.33. The van der Waals surface area contributed by atoms with Gasteiger partial charge in [-0.25, -0.2) is 0 Å². The van der Waals surface area contributed by atoms with Crippen molar-refractivity contribution in [2.24, 2.45) is 5.92 Å². The van der Waals surface area contributed by atoms with E-state index in [-0.39, 0.29) is 0 Å². The minimum Gasteiger partial charge on any atom is -0.260 e. The van der Waals surface area contributed by atoms with Crippen molar-refractivity contribution >= 4 is 11.8 Å². The number of nitrogens with zero attached hydrogens (tertiary/aromatic N) is 1. The lowest BCUT2D eigenvalue weighted by atomic mass is 10.0. The van der Waals surface area contributed by atoms with E-state index in [1.165, 1.54) is 5.57 Å². The molecule has 0 radical (unpaired) electrons. The van der Waals surface area contributed by atoms with Crippen LogP contribution in [0, 0.1) is 5.92 Å². The van der Waals surface area contributed by atoms with Gasteiger partial charge in [-0.2, -0.15) is 11.8 Å². The summed E-state index contributed by atoms with van der Waals surface area (Å²) >= 11 is 1.92. The van der Waals surface area contributed by atoms with Crippen molar-refractivity contribution < 1.29 is 0 Å². The lowest BCUT2D eigenvalue weighted by molar-refractivity contribution is 0.856. The molecule has 1 aromatic heterocycles. The first kappa shape index (κ1) is 12.2. The Bertz CT molecular complexity index is 420. The molecule has 0 aliphatic heterocycles. The second-order valence-corrected chi connectivity index (χ2v) is 5.15. The molecule has 0 saturated carbocycles. The molecule has 2 heteroatoms. The van der Waals surface area contributed by atoms with Gasteiger partial charge in [0.1, 0.15) is 0 Å². The summed E-state index contributed by atoms with van der Waals surface area (Å²) in [6.07, 6.45) is 11.5. The fraction of sp³-hybridized carbons (Fsp3) is 0.267. The summed E-state index contributed by atoms with van der Waals surface area (Å²) in [5.74, 6) is 2.57. The molecule has 88 valence electrons. The Balaban J connectivity index is 1.80. The summed E-state index contributed by atoms with van der Waals surface area (Å²) in [7, 11) is 0. The first-order valence-electron chi connectivity index (χ1n) is 5.85. The molecule has 0 bridgehead atoms. The van der Waals surface area contributed by atoms with E-state index in [0.717, 1.165) is 23.6 Å². The minimum atomic E-state index is 0.499. The topological polar surface area (TPSA) is 12.9 Å². The molecule has 1 nitrogen and oxygen atoms in total.